The van der Waals surface area contributed by atoms with Crippen molar-refractivity contribution >= 4 is 0 Å². The van der Waals surface area contributed by atoms with Crippen molar-refractivity contribution in [2.75, 3.05) is 6.54 Å². The van der Waals surface area contributed by atoms with Crippen LogP contribution in [0.2, 0.25) is 0 Å². The Balaban J connectivity index is 2.17. The Labute approximate surface area is 97.9 Å². The second-order valence-electron chi connectivity index (χ2n) is 4.16. The molecule has 0 saturated carbocycles. The maximum Gasteiger partial charge on any atom is 0.255 e. The van der Waals surface area contributed by atoms with E-state index in [-0.39, 0.29) is 5.56 Å². The molecule has 0 spiro atoms. The molecule has 88 valence electrons. The van der Waals surface area contributed by atoms with Crippen molar-refractivity contribution in [3.63, 3.8) is 0 Å². The van der Waals surface area contributed by atoms with E-state index >= 15 is 0 Å². The van der Waals surface area contributed by atoms with Gasteiger partial charge < -0.3 is 14.7 Å². The fourth-order valence-corrected chi connectivity index (χ4v) is 2.11. The maximum atomic E-state index is 11.9. The topological polar surface area (TPSA) is 70.9 Å². The van der Waals surface area contributed by atoms with Gasteiger partial charge in [-0.25, -0.2) is 4.98 Å². The number of H-pyrrole nitrogens is 1. The first-order valence-electron chi connectivity index (χ1n) is 5.63. The molecule has 1 aliphatic heterocycles. The van der Waals surface area contributed by atoms with E-state index in [0.717, 1.165) is 35.5 Å². The van der Waals surface area contributed by atoms with E-state index in [1.807, 2.05) is 13.0 Å². The standard InChI is InChI=1S/C12H13N3O2/c1-7-8(3-5-17-7)11-14-10-2-4-13-6-9(10)12(16)15-11/h3,5,13H,2,4,6H2,1H3,(H,14,15,16). The molecule has 0 radical (unpaired) electrons. The van der Waals surface area contributed by atoms with Crippen molar-refractivity contribution in [1.82, 2.24) is 15.3 Å². The van der Waals surface area contributed by atoms with Crippen LogP contribution < -0.4 is 10.9 Å². The summed E-state index contributed by atoms with van der Waals surface area (Å²) >= 11 is 0. The Hall–Kier alpha value is -1.88. The monoisotopic (exact) mass is 231 g/mol. The number of furan rings is 1. The van der Waals surface area contributed by atoms with E-state index in [4.69, 9.17) is 4.42 Å². The molecule has 17 heavy (non-hydrogen) atoms. The minimum absolute atomic E-state index is 0.0576. The van der Waals surface area contributed by atoms with Crippen molar-refractivity contribution in [3.05, 3.63) is 39.7 Å². The molecule has 0 aliphatic carbocycles. The van der Waals surface area contributed by atoms with Crippen LogP contribution in [0.4, 0.5) is 0 Å². The molecule has 3 heterocycles. The van der Waals surface area contributed by atoms with E-state index in [1.165, 1.54) is 0 Å². The number of nitrogens with zero attached hydrogens (tertiary/aromatic N) is 1. The first-order valence-corrected chi connectivity index (χ1v) is 5.63. The van der Waals surface area contributed by atoms with Crippen LogP contribution in [0, 0.1) is 6.92 Å². The van der Waals surface area contributed by atoms with Gasteiger partial charge in [0.05, 0.1) is 23.1 Å². The highest BCUT2D eigenvalue weighted by Crippen LogP contribution is 2.20. The highest BCUT2D eigenvalue weighted by Gasteiger charge is 2.16. The summed E-state index contributed by atoms with van der Waals surface area (Å²) in [7, 11) is 0. The fourth-order valence-electron chi connectivity index (χ4n) is 2.11. The predicted molar refractivity (Wildman–Crippen MR) is 62.7 cm³/mol. The molecule has 2 aromatic rings. The number of aryl methyl sites for hydroxylation is 1. The average molecular weight is 231 g/mol. The van der Waals surface area contributed by atoms with Crippen molar-refractivity contribution < 1.29 is 4.42 Å². The third-order valence-corrected chi connectivity index (χ3v) is 3.06. The van der Waals surface area contributed by atoms with Crippen LogP contribution in [0.1, 0.15) is 17.0 Å². The van der Waals surface area contributed by atoms with Crippen molar-refractivity contribution in [2.24, 2.45) is 0 Å². The zero-order valence-electron chi connectivity index (χ0n) is 9.54. The van der Waals surface area contributed by atoms with Gasteiger partial charge in [0.2, 0.25) is 0 Å². The number of nitrogens with one attached hydrogen (secondary N) is 2. The molecule has 5 nitrogen and oxygen atoms in total. The zero-order chi connectivity index (χ0) is 11.8. The maximum absolute atomic E-state index is 11.9. The number of hydrogen-bond acceptors (Lipinski definition) is 4. The van der Waals surface area contributed by atoms with Gasteiger partial charge in [-0.2, -0.15) is 0 Å². The second-order valence-corrected chi connectivity index (χ2v) is 4.16. The summed E-state index contributed by atoms with van der Waals surface area (Å²) < 4.78 is 5.23. The third-order valence-electron chi connectivity index (χ3n) is 3.06. The number of fused-ring (bicyclic) bond motifs is 1. The smallest absolute Gasteiger partial charge is 0.255 e. The van der Waals surface area contributed by atoms with Crippen LogP contribution >= 0.6 is 0 Å². The van der Waals surface area contributed by atoms with Gasteiger partial charge in [0.1, 0.15) is 11.6 Å². The van der Waals surface area contributed by atoms with Crippen LogP contribution in [0.3, 0.4) is 0 Å². The minimum atomic E-state index is -0.0576. The fraction of sp³-hybridized carbons (Fsp3) is 0.333. The summed E-state index contributed by atoms with van der Waals surface area (Å²) in [5.74, 6) is 1.36. The Morgan fingerprint density at radius 3 is 3.12 bits per heavy atom. The van der Waals surface area contributed by atoms with Gasteiger partial charge in [0, 0.05) is 19.5 Å². The number of hydrogen-bond donors (Lipinski definition) is 2. The van der Waals surface area contributed by atoms with Crippen LogP contribution in [0.5, 0.6) is 0 Å². The molecule has 0 saturated heterocycles. The first-order chi connectivity index (χ1) is 8.25. The lowest BCUT2D eigenvalue weighted by Crippen LogP contribution is -2.31. The SMILES string of the molecule is Cc1occc1-c1nc2c(c(=O)[nH]1)CNCC2. The summed E-state index contributed by atoms with van der Waals surface area (Å²) in [6.45, 7) is 3.33. The summed E-state index contributed by atoms with van der Waals surface area (Å²) in [4.78, 5) is 19.3. The molecule has 0 aromatic carbocycles. The molecule has 0 bridgehead atoms. The highest BCUT2D eigenvalue weighted by atomic mass is 16.3. The van der Waals surface area contributed by atoms with Crippen molar-refractivity contribution in [3.8, 4) is 11.4 Å². The molecule has 0 amide bonds. The van der Waals surface area contributed by atoms with Crippen LogP contribution in [-0.2, 0) is 13.0 Å². The molecule has 2 N–H and O–H groups in total. The lowest BCUT2D eigenvalue weighted by atomic mass is 10.1. The molecule has 0 unspecified atom stereocenters. The molecule has 0 fully saturated rings. The summed E-state index contributed by atoms with van der Waals surface area (Å²) in [5, 5.41) is 3.17. The third kappa shape index (κ3) is 1.68. The molecule has 1 aliphatic rings. The molecule has 2 aromatic heterocycles. The Morgan fingerprint density at radius 2 is 2.35 bits per heavy atom. The quantitative estimate of drug-likeness (QED) is 0.767. The van der Waals surface area contributed by atoms with Gasteiger partial charge >= 0.3 is 0 Å². The van der Waals surface area contributed by atoms with E-state index < -0.39 is 0 Å². The number of aromatic nitrogens is 2. The molecular weight excluding hydrogens is 218 g/mol. The van der Waals surface area contributed by atoms with E-state index in [1.54, 1.807) is 6.26 Å². The van der Waals surface area contributed by atoms with Crippen molar-refractivity contribution in [2.45, 2.75) is 19.9 Å². The normalized spacial score (nSPS) is 14.6. The largest absolute Gasteiger partial charge is 0.469 e. The van der Waals surface area contributed by atoms with Crippen LogP contribution in [-0.4, -0.2) is 16.5 Å². The van der Waals surface area contributed by atoms with E-state index in [9.17, 15) is 4.79 Å². The van der Waals surface area contributed by atoms with Crippen LogP contribution in [0.15, 0.2) is 21.5 Å². The van der Waals surface area contributed by atoms with Crippen molar-refractivity contribution in [1.29, 1.82) is 0 Å². The number of rotatable bonds is 1. The van der Waals surface area contributed by atoms with E-state index in [0.29, 0.717) is 12.4 Å². The van der Waals surface area contributed by atoms with Crippen LogP contribution in [0.25, 0.3) is 11.4 Å². The van der Waals surface area contributed by atoms with Gasteiger partial charge in [-0.05, 0) is 13.0 Å². The lowest BCUT2D eigenvalue weighted by molar-refractivity contribution is 0.535. The van der Waals surface area contributed by atoms with Gasteiger partial charge in [-0.15, -0.1) is 0 Å². The van der Waals surface area contributed by atoms with Gasteiger partial charge in [-0.3, -0.25) is 4.79 Å². The van der Waals surface area contributed by atoms with Gasteiger partial charge in [-0.1, -0.05) is 0 Å². The molecule has 3 rings (SSSR count). The highest BCUT2D eigenvalue weighted by molar-refractivity contribution is 5.57. The molecular formula is C12H13N3O2. The summed E-state index contributed by atoms with van der Waals surface area (Å²) in [6, 6.07) is 1.82. The minimum Gasteiger partial charge on any atom is -0.469 e. The molecule has 5 heteroatoms. The lowest BCUT2D eigenvalue weighted by Gasteiger charge is -2.15. The van der Waals surface area contributed by atoms with Gasteiger partial charge in [0.15, 0.2) is 0 Å². The summed E-state index contributed by atoms with van der Waals surface area (Å²) in [5.41, 5.74) is 2.44. The average Bonchev–Trinajstić information content (AvgIpc) is 2.75. The van der Waals surface area contributed by atoms with Gasteiger partial charge in [0.25, 0.3) is 5.56 Å². The van der Waals surface area contributed by atoms with E-state index in [2.05, 4.69) is 15.3 Å². The Bertz CT molecular complexity index is 612. The molecule has 0 atom stereocenters. The summed E-state index contributed by atoms with van der Waals surface area (Å²) in [6.07, 6.45) is 2.40. The first kappa shape index (κ1) is 10.3. The zero-order valence-corrected chi connectivity index (χ0v) is 9.54. The second kappa shape index (κ2) is 3.85. The predicted octanol–water partition coefficient (Wildman–Crippen LogP) is 0.984. The Kier molecular flexibility index (Phi) is 2.33. The Morgan fingerprint density at radius 1 is 1.47 bits per heavy atom. The number of aromatic amines is 1.